The first-order valence-corrected chi connectivity index (χ1v) is 7.80. The van der Waals surface area contributed by atoms with Gasteiger partial charge in [0.25, 0.3) is 0 Å². The van der Waals surface area contributed by atoms with Gasteiger partial charge in [-0.2, -0.15) is 5.10 Å². The lowest BCUT2D eigenvalue weighted by molar-refractivity contribution is 0.527. The van der Waals surface area contributed by atoms with Crippen molar-refractivity contribution in [3.05, 3.63) is 52.3 Å². The number of aromatic nitrogens is 2. The Morgan fingerprint density at radius 2 is 1.81 bits per heavy atom. The highest BCUT2D eigenvalue weighted by Crippen LogP contribution is 2.22. The Hall–Kier alpha value is -1.61. The predicted molar refractivity (Wildman–Crippen MR) is 88.6 cm³/mol. The molecule has 0 fully saturated rings. The van der Waals surface area contributed by atoms with Crippen molar-refractivity contribution in [2.45, 2.75) is 46.6 Å². The van der Waals surface area contributed by atoms with E-state index >= 15 is 0 Å². The Labute approximate surface area is 128 Å². The van der Waals surface area contributed by atoms with Crippen molar-refractivity contribution in [3.63, 3.8) is 0 Å². The van der Waals surface area contributed by atoms with Crippen LogP contribution in [-0.4, -0.2) is 16.3 Å². The highest BCUT2D eigenvalue weighted by molar-refractivity contribution is 5.31. The molecule has 0 radical (unpaired) electrons. The summed E-state index contributed by atoms with van der Waals surface area (Å²) in [5.74, 6) is 0. The molecule has 2 aromatic rings. The minimum Gasteiger partial charge on any atom is -0.310 e. The van der Waals surface area contributed by atoms with Crippen molar-refractivity contribution in [1.82, 2.24) is 15.1 Å². The number of aryl methyl sites for hydroxylation is 4. The summed E-state index contributed by atoms with van der Waals surface area (Å²) in [5, 5.41) is 8.17. The van der Waals surface area contributed by atoms with Gasteiger partial charge in [0.15, 0.2) is 0 Å². The van der Waals surface area contributed by atoms with Crippen LogP contribution in [0.1, 0.15) is 47.3 Å². The molecule has 0 aliphatic carbocycles. The summed E-state index contributed by atoms with van der Waals surface area (Å²) < 4.78 is 1.91. The molecule has 1 N–H and O–H groups in total. The van der Waals surface area contributed by atoms with Gasteiger partial charge in [0.1, 0.15) is 0 Å². The monoisotopic (exact) mass is 285 g/mol. The Kier molecular flexibility index (Phi) is 5.18. The van der Waals surface area contributed by atoms with Crippen LogP contribution in [0.25, 0.3) is 0 Å². The van der Waals surface area contributed by atoms with E-state index in [2.05, 4.69) is 62.5 Å². The van der Waals surface area contributed by atoms with Gasteiger partial charge in [0, 0.05) is 24.8 Å². The van der Waals surface area contributed by atoms with Crippen LogP contribution in [0, 0.1) is 20.8 Å². The third-order valence-corrected chi connectivity index (χ3v) is 3.79. The molecule has 0 amide bonds. The fraction of sp³-hybridized carbons (Fsp3) is 0.500. The topological polar surface area (TPSA) is 29.9 Å². The van der Waals surface area contributed by atoms with Gasteiger partial charge >= 0.3 is 0 Å². The van der Waals surface area contributed by atoms with Gasteiger partial charge in [-0.25, -0.2) is 0 Å². The maximum absolute atomic E-state index is 4.49. The summed E-state index contributed by atoms with van der Waals surface area (Å²) in [5.41, 5.74) is 6.49. The third-order valence-electron chi connectivity index (χ3n) is 3.79. The standard InChI is InChI=1S/C18H27N3/c1-6-7-19-18(17-12-21(5)20-15(17)4)11-16-9-13(2)8-14(3)10-16/h8-10,12,18-19H,6-7,11H2,1-5H3. The van der Waals surface area contributed by atoms with Crippen LogP contribution in [0.2, 0.25) is 0 Å². The second-order valence-electron chi connectivity index (χ2n) is 6.05. The number of rotatable bonds is 6. The average Bonchev–Trinajstić information content (AvgIpc) is 2.72. The van der Waals surface area contributed by atoms with Crippen molar-refractivity contribution >= 4 is 0 Å². The van der Waals surface area contributed by atoms with Gasteiger partial charge in [-0.3, -0.25) is 4.68 Å². The van der Waals surface area contributed by atoms with Crippen molar-refractivity contribution in [2.24, 2.45) is 7.05 Å². The van der Waals surface area contributed by atoms with Crippen LogP contribution in [0.4, 0.5) is 0 Å². The molecule has 0 saturated carbocycles. The van der Waals surface area contributed by atoms with Crippen molar-refractivity contribution in [2.75, 3.05) is 6.54 Å². The smallest absolute Gasteiger partial charge is 0.0641 e. The van der Waals surface area contributed by atoms with Gasteiger partial charge in [-0.15, -0.1) is 0 Å². The minimum atomic E-state index is 0.333. The SMILES string of the molecule is CCCNC(Cc1cc(C)cc(C)c1)c1cn(C)nc1C. The highest BCUT2D eigenvalue weighted by Gasteiger charge is 2.16. The predicted octanol–water partition coefficient (Wildman–Crippen LogP) is 3.63. The van der Waals surface area contributed by atoms with Crippen LogP contribution < -0.4 is 5.32 Å². The Morgan fingerprint density at radius 3 is 2.33 bits per heavy atom. The fourth-order valence-corrected chi connectivity index (χ4v) is 2.99. The van der Waals surface area contributed by atoms with Gasteiger partial charge < -0.3 is 5.32 Å². The summed E-state index contributed by atoms with van der Waals surface area (Å²) in [6.07, 6.45) is 4.29. The zero-order valence-corrected chi connectivity index (χ0v) is 13.9. The quantitative estimate of drug-likeness (QED) is 0.878. The van der Waals surface area contributed by atoms with E-state index in [0.717, 1.165) is 25.1 Å². The van der Waals surface area contributed by atoms with Crippen molar-refractivity contribution in [3.8, 4) is 0 Å². The molecule has 1 aromatic heterocycles. The number of hydrogen-bond donors (Lipinski definition) is 1. The van der Waals surface area contributed by atoms with Gasteiger partial charge in [0.2, 0.25) is 0 Å². The van der Waals surface area contributed by atoms with E-state index < -0.39 is 0 Å². The Bertz CT molecular complexity index is 578. The summed E-state index contributed by atoms with van der Waals surface area (Å²) >= 11 is 0. The molecular formula is C18H27N3. The molecule has 0 aliphatic rings. The lowest BCUT2D eigenvalue weighted by Gasteiger charge is -2.19. The first-order valence-electron chi connectivity index (χ1n) is 7.80. The van der Waals surface area contributed by atoms with Gasteiger partial charge in [-0.05, 0) is 45.7 Å². The molecule has 21 heavy (non-hydrogen) atoms. The molecule has 1 heterocycles. The summed E-state index contributed by atoms with van der Waals surface area (Å²) in [4.78, 5) is 0. The average molecular weight is 285 g/mol. The van der Waals surface area contributed by atoms with Gasteiger partial charge in [-0.1, -0.05) is 36.2 Å². The van der Waals surface area contributed by atoms with E-state index in [9.17, 15) is 0 Å². The van der Waals surface area contributed by atoms with E-state index in [1.165, 1.54) is 22.3 Å². The number of hydrogen-bond acceptors (Lipinski definition) is 2. The molecule has 1 aromatic carbocycles. The van der Waals surface area contributed by atoms with E-state index in [0.29, 0.717) is 6.04 Å². The molecule has 114 valence electrons. The van der Waals surface area contributed by atoms with Crippen LogP contribution in [0.3, 0.4) is 0 Å². The maximum Gasteiger partial charge on any atom is 0.0641 e. The molecule has 2 rings (SSSR count). The number of nitrogens with zero attached hydrogens (tertiary/aromatic N) is 2. The summed E-state index contributed by atoms with van der Waals surface area (Å²) in [6, 6.07) is 7.14. The minimum absolute atomic E-state index is 0.333. The summed E-state index contributed by atoms with van der Waals surface area (Å²) in [6.45, 7) is 9.67. The van der Waals surface area contributed by atoms with Crippen LogP contribution in [-0.2, 0) is 13.5 Å². The first-order chi connectivity index (χ1) is 9.99. The lowest BCUT2D eigenvalue weighted by Crippen LogP contribution is -2.24. The van der Waals surface area contributed by atoms with Crippen molar-refractivity contribution in [1.29, 1.82) is 0 Å². The second-order valence-corrected chi connectivity index (χ2v) is 6.05. The molecule has 0 aliphatic heterocycles. The number of nitrogens with one attached hydrogen (secondary N) is 1. The molecule has 3 heteroatoms. The second kappa shape index (κ2) is 6.90. The molecular weight excluding hydrogens is 258 g/mol. The zero-order valence-electron chi connectivity index (χ0n) is 13.9. The van der Waals surface area contributed by atoms with E-state index in [1.54, 1.807) is 0 Å². The molecule has 0 bridgehead atoms. The molecule has 1 atom stereocenters. The number of benzene rings is 1. The molecule has 0 saturated heterocycles. The zero-order chi connectivity index (χ0) is 15.4. The Balaban J connectivity index is 2.25. The van der Waals surface area contributed by atoms with Crippen LogP contribution in [0.15, 0.2) is 24.4 Å². The molecule has 3 nitrogen and oxygen atoms in total. The van der Waals surface area contributed by atoms with E-state index in [-0.39, 0.29) is 0 Å². The third kappa shape index (κ3) is 4.18. The largest absolute Gasteiger partial charge is 0.310 e. The van der Waals surface area contributed by atoms with Gasteiger partial charge in [0.05, 0.1) is 5.69 Å². The van der Waals surface area contributed by atoms with E-state index in [1.807, 2.05) is 11.7 Å². The normalized spacial score (nSPS) is 12.6. The molecule has 1 unspecified atom stereocenters. The summed E-state index contributed by atoms with van der Waals surface area (Å²) in [7, 11) is 1.99. The van der Waals surface area contributed by atoms with Crippen LogP contribution in [0.5, 0.6) is 0 Å². The van der Waals surface area contributed by atoms with Crippen molar-refractivity contribution < 1.29 is 0 Å². The van der Waals surface area contributed by atoms with Crippen LogP contribution >= 0.6 is 0 Å². The maximum atomic E-state index is 4.49. The molecule has 0 spiro atoms. The first kappa shape index (κ1) is 15.8. The highest BCUT2D eigenvalue weighted by atomic mass is 15.3. The Morgan fingerprint density at radius 1 is 1.14 bits per heavy atom. The fourth-order valence-electron chi connectivity index (χ4n) is 2.99. The lowest BCUT2D eigenvalue weighted by atomic mass is 9.97. The van der Waals surface area contributed by atoms with E-state index in [4.69, 9.17) is 0 Å².